The molecule has 32 heavy (non-hydrogen) atoms. The number of anilines is 1. The number of rotatable bonds is 10. The summed E-state index contributed by atoms with van der Waals surface area (Å²) in [5.74, 6) is 1.75. The number of nitrogens with zero attached hydrogens (tertiary/aromatic N) is 4. The van der Waals surface area contributed by atoms with Gasteiger partial charge in [0.1, 0.15) is 0 Å². The van der Waals surface area contributed by atoms with E-state index in [2.05, 4.69) is 27.1 Å². The quantitative estimate of drug-likeness (QED) is 0.334. The first-order chi connectivity index (χ1) is 15.3. The van der Waals surface area contributed by atoms with Crippen molar-refractivity contribution in [1.29, 1.82) is 0 Å². The fourth-order valence-corrected chi connectivity index (χ4v) is 4.58. The number of carbonyl (C=O) groups is 1. The highest BCUT2D eigenvalue weighted by atomic mass is 32.2. The molecule has 0 aliphatic carbocycles. The Hall–Kier alpha value is -2.85. The van der Waals surface area contributed by atoms with Crippen LogP contribution in [-0.2, 0) is 11.3 Å². The lowest BCUT2D eigenvalue weighted by molar-refractivity contribution is -0.115. The molecule has 0 fully saturated rings. The van der Waals surface area contributed by atoms with E-state index in [1.165, 1.54) is 23.1 Å². The van der Waals surface area contributed by atoms with Crippen molar-refractivity contribution in [2.24, 2.45) is 0 Å². The minimum Gasteiger partial charge on any atom is -0.493 e. The Bertz CT molecular complexity index is 1080. The molecule has 2 unspecified atom stereocenters. The number of nitrogens with one attached hydrogen (secondary N) is 1. The van der Waals surface area contributed by atoms with Crippen LogP contribution in [0.25, 0.3) is 0 Å². The molecule has 0 radical (unpaired) electrons. The summed E-state index contributed by atoms with van der Waals surface area (Å²) in [5.41, 5.74) is 0.921. The molecular formula is C22H27N5O3S2. The van der Waals surface area contributed by atoms with Crippen LogP contribution in [0.1, 0.15) is 36.3 Å². The van der Waals surface area contributed by atoms with Gasteiger partial charge in [-0.25, -0.2) is 4.98 Å². The lowest BCUT2D eigenvalue weighted by atomic mass is 10.3. The first-order valence-electron chi connectivity index (χ1n) is 10.1. The van der Waals surface area contributed by atoms with Crippen LogP contribution < -0.4 is 14.8 Å². The van der Waals surface area contributed by atoms with Gasteiger partial charge >= 0.3 is 0 Å². The molecular weight excluding hydrogens is 446 g/mol. The zero-order chi connectivity index (χ0) is 23.3. The van der Waals surface area contributed by atoms with Crippen LogP contribution in [0.3, 0.4) is 0 Å². The number of aryl methyl sites for hydroxylation is 2. The molecule has 0 aliphatic rings. The molecule has 10 heteroatoms. The van der Waals surface area contributed by atoms with Crippen LogP contribution in [0.4, 0.5) is 5.13 Å². The van der Waals surface area contributed by atoms with Gasteiger partial charge in [-0.15, -0.1) is 28.1 Å². The molecule has 1 aromatic carbocycles. The van der Waals surface area contributed by atoms with E-state index in [1.807, 2.05) is 56.5 Å². The lowest BCUT2D eigenvalue weighted by Crippen LogP contribution is -2.23. The number of thioether (sulfide) groups is 1. The molecule has 2 heterocycles. The highest BCUT2D eigenvalue weighted by molar-refractivity contribution is 8.00. The Morgan fingerprint density at radius 2 is 2.00 bits per heavy atom. The molecule has 0 spiro atoms. The van der Waals surface area contributed by atoms with Crippen LogP contribution >= 0.6 is 23.1 Å². The van der Waals surface area contributed by atoms with Crippen molar-refractivity contribution in [2.45, 2.75) is 50.8 Å². The molecule has 0 bridgehead atoms. The van der Waals surface area contributed by atoms with Gasteiger partial charge in [0.2, 0.25) is 5.91 Å². The number of amides is 1. The van der Waals surface area contributed by atoms with Gasteiger partial charge in [-0.2, -0.15) is 0 Å². The molecule has 3 aromatic rings. The fourth-order valence-electron chi connectivity index (χ4n) is 2.89. The number of carbonyl (C=O) groups excluding carboxylic acids is 1. The predicted octanol–water partition coefficient (Wildman–Crippen LogP) is 4.81. The average molecular weight is 474 g/mol. The van der Waals surface area contributed by atoms with Gasteiger partial charge in [0.15, 0.2) is 33.7 Å². The second-order valence-electron chi connectivity index (χ2n) is 7.06. The summed E-state index contributed by atoms with van der Waals surface area (Å²) < 4.78 is 13.4. The van der Waals surface area contributed by atoms with E-state index in [4.69, 9.17) is 9.47 Å². The summed E-state index contributed by atoms with van der Waals surface area (Å²) in [6.45, 7) is 12.0. The molecule has 0 aliphatic heterocycles. The molecule has 8 nitrogen and oxygen atoms in total. The van der Waals surface area contributed by atoms with Gasteiger partial charge < -0.3 is 14.8 Å². The monoisotopic (exact) mass is 473 g/mol. The number of hydrogen-bond acceptors (Lipinski definition) is 8. The SMILES string of the molecule is C=CCn1c(SC(C)C(=O)Nc2nc(C)c(C)s2)nnc1C(C)Oc1ccccc1OC. The third kappa shape index (κ3) is 5.49. The molecule has 0 saturated heterocycles. The van der Waals surface area contributed by atoms with Crippen molar-refractivity contribution in [1.82, 2.24) is 19.7 Å². The predicted molar refractivity (Wildman–Crippen MR) is 128 cm³/mol. The Balaban J connectivity index is 1.74. The summed E-state index contributed by atoms with van der Waals surface area (Å²) in [6.07, 6.45) is 1.37. The molecule has 1 N–H and O–H groups in total. The zero-order valence-corrected chi connectivity index (χ0v) is 20.4. The maximum Gasteiger partial charge on any atom is 0.239 e. The first-order valence-corrected chi connectivity index (χ1v) is 11.8. The van der Waals surface area contributed by atoms with Gasteiger partial charge in [0.25, 0.3) is 0 Å². The summed E-state index contributed by atoms with van der Waals surface area (Å²) in [6, 6.07) is 7.44. The minimum atomic E-state index is -0.398. The molecule has 170 valence electrons. The standard InChI is InChI=1S/C22H27N5O3S2/c1-7-12-27-19(14(3)30-18-11-9-8-10-17(18)29-6)25-26-22(27)32-16(5)20(28)24-21-23-13(2)15(4)31-21/h7-11,14,16H,1,12H2,2-6H3,(H,23,24,28). The topological polar surface area (TPSA) is 91.2 Å². The minimum absolute atomic E-state index is 0.142. The molecule has 3 rings (SSSR count). The van der Waals surface area contributed by atoms with Crippen LogP contribution in [0.5, 0.6) is 11.5 Å². The smallest absolute Gasteiger partial charge is 0.239 e. The number of methoxy groups -OCH3 is 1. The fraction of sp³-hybridized carbons (Fsp3) is 0.364. The summed E-state index contributed by atoms with van der Waals surface area (Å²) in [5, 5.41) is 12.3. The van der Waals surface area contributed by atoms with Crippen molar-refractivity contribution in [3.05, 3.63) is 53.3 Å². The van der Waals surface area contributed by atoms with Crippen molar-refractivity contribution < 1.29 is 14.3 Å². The average Bonchev–Trinajstić information content (AvgIpc) is 3.30. The number of ether oxygens (including phenoxy) is 2. The normalized spacial score (nSPS) is 12.8. The number of allylic oxidation sites excluding steroid dienone is 1. The van der Waals surface area contributed by atoms with E-state index < -0.39 is 11.4 Å². The first kappa shape index (κ1) is 23.8. The summed E-state index contributed by atoms with van der Waals surface area (Å²) in [7, 11) is 1.60. The van der Waals surface area contributed by atoms with Crippen LogP contribution in [0, 0.1) is 13.8 Å². The van der Waals surface area contributed by atoms with Crippen LogP contribution in [-0.4, -0.2) is 38.0 Å². The number of benzene rings is 1. The highest BCUT2D eigenvalue weighted by Crippen LogP contribution is 2.32. The van der Waals surface area contributed by atoms with Crippen LogP contribution in [0.15, 0.2) is 42.1 Å². The molecule has 0 saturated carbocycles. The third-order valence-electron chi connectivity index (χ3n) is 4.70. The van der Waals surface area contributed by atoms with Gasteiger partial charge in [-0.1, -0.05) is 30.0 Å². The lowest BCUT2D eigenvalue weighted by Gasteiger charge is -2.18. The van der Waals surface area contributed by atoms with E-state index in [-0.39, 0.29) is 5.91 Å². The van der Waals surface area contributed by atoms with E-state index in [1.54, 1.807) is 13.2 Å². The Labute approximate surface area is 196 Å². The van der Waals surface area contributed by atoms with Gasteiger partial charge in [-0.05, 0) is 39.8 Å². The maximum atomic E-state index is 12.7. The molecule has 2 atom stereocenters. The van der Waals surface area contributed by atoms with Crippen molar-refractivity contribution in [2.75, 3.05) is 12.4 Å². The number of hydrogen-bond donors (Lipinski definition) is 1. The second-order valence-corrected chi connectivity index (χ2v) is 9.57. The van der Waals surface area contributed by atoms with Gasteiger partial charge in [-0.3, -0.25) is 9.36 Å². The summed E-state index contributed by atoms with van der Waals surface area (Å²) in [4.78, 5) is 18.1. The van der Waals surface area contributed by atoms with Gasteiger partial charge in [0.05, 0.1) is 18.1 Å². The van der Waals surface area contributed by atoms with E-state index in [0.29, 0.717) is 34.2 Å². The number of thiazole rings is 1. The Morgan fingerprint density at radius 1 is 1.28 bits per heavy atom. The van der Waals surface area contributed by atoms with Crippen molar-refractivity contribution >= 4 is 34.1 Å². The number of para-hydroxylation sites is 2. The van der Waals surface area contributed by atoms with E-state index in [0.717, 1.165) is 10.6 Å². The van der Waals surface area contributed by atoms with E-state index >= 15 is 0 Å². The molecule has 2 aromatic heterocycles. The summed E-state index contributed by atoms with van der Waals surface area (Å²) >= 11 is 2.79. The highest BCUT2D eigenvalue weighted by Gasteiger charge is 2.24. The third-order valence-corrected chi connectivity index (χ3v) is 6.77. The number of aromatic nitrogens is 4. The Morgan fingerprint density at radius 3 is 2.62 bits per heavy atom. The van der Waals surface area contributed by atoms with Gasteiger partial charge in [0, 0.05) is 11.4 Å². The maximum absolute atomic E-state index is 12.7. The molecule has 1 amide bonds. The van der Waals surface area contributed by atoms with Crippen LogP contribution in [0.2, 0.25) is 0 Å². The largest absolute Gasteiger partial charge is 0.493 e. The van der Waals surface area contributed by atoms with E-state index in [9.17, 15) is 4.79 Å². The second kappa shape index (κ2) is 10.6. The Kier molecular flexibility index (Phi) is 7.92. The zero-order valence-electron chi connectivity index (χ0n) is 18.8. The van der Waals surface area contributed by atoms with Crippen molar-refractivity contribution in [3.8, 4) is 11.5 Å². The van der Waals surface area contributed by atoms with Crippen molar-refractivity contribution in [3.63, 3.8) is 0 Å².